The summed E-state index contributed by atoms with van der Waals surface area (Å²) in [6.45, 7) is 2.45. The monoisotopic (exact) mass is 286 g/mol. The Bertz CT molecular complexity index is 640. The predicted octanol–water partition coefficient (Wildman–Crippen LogP) is 2.47. The van der Waals surface area contributed by atoms with Crippen LogP contribution in [0.5, 0.6) is 5.75 Å². The van der Waals surface area contributed by atoms with Gasteiger partial charge in [0.25, 0.3) is 0 Å². The minimum absolute atomic E-state index is 0.731. The number of para-hydroxylation sites is 1. The van der Waals surface area contributed by atoms with Gasteiger partial charge in [0, 0.05) is 31.3 Å². The number of hydrogen-bond donors (Lipinski definition) is 1. The molecule has 0 saturated carbocycles. The Morgan fingerprint density at radius 1 is 1.24 bits per heavy atom. The average Bonchev–Trinajstić information content (AvgIpc) is 2.98. The number of nitrogens with one attached hydrogen (secondary N) is 1. The van der Waals surface area contributed by atoms with Gasteiger partial charge in [0.05, 0.1) is 13.7 Å². The van der Waals surface area contributed by atoms with E-state index in [1.165, 1.54) is 28.6 Å². The summed E-state index contributed by atoms with van der Waals surface area (Å²) in [7, 11) is 3.44. The Labute approximate surface area is 125 Å². The number of aryl methyl sites for hydroxylation is 1. The van der Waals surface area contributed by atoms with Gasteiger partial charge in [-0.3, -0.25) is 0 Å². The molecule has 3 rings (SSSR count). The fourth-order valence-corrected chi connectivity index (χ4v) is 3.11. The molecular formula is C17H22N2O2. The van der Waals surface area contributed by atoms with E-state index < -0.39 is 0 Å². The van der Waals surface area contributed by atoms with E-state index >= 15 is 0 Å². The second-order valence-corrected chi connectivity index (χ2v) is 5.40. The van der Waals surface area contributed by atoms with E-state index in [1.54, 1.807) is 14.2 Å². The van der Waals surface area contributed by atoms with Crippen LogP contribution in [0.2, 0.25) is 0 Å². The Kier molecular flexibility index (Phi) is 4.36. The zero-order valence-corrected chi connectivity index (χ0v) is 12.7. The van der Waals surface area contributed by atoms with Crippen LogP contribution in [0.1, 0.15) is 23.2 Å². The first-order valence-corrected chi connectivity index (χ1v) is 7.52. The van der Waals surface area contributed by atoms with Gasteiger partial charge in [-0.1, -0.05) is 12.1 Å². The van der Waals surface area contributed by atoms with E-state index in [0.717, 1.165) is 43.8 Å². The Morgan fingerprint density at radius 2 is 2.14 bits per heavy atom. The lowest BCUT2D eigenvalue weighted by Gasteiger charge is -2.15. The number of ether oxygens (including phenoxy) is 2. The number of benzene rings is 1. The number of aromatic nitrogens is 1. The highest BCUT2D eigenvalue weighted by Crippen LogP contribution is 2.33. The average molecular weight is 286 g/mol. The van der Waals surface area contributed by atoms with Gasteiger partial charge in [0.1, 0.15) is 11.3 Å². The van der Waals surface area contributed by atoms with Gasteiger partial charge in [-0.15, -0.1) is 0 Å². The minimum atomic E-state index is 0.731. The molecule has 0 aliphatic heterocycles. The summed E-state index contributed by atoms with van der Waals surface area (Å²) in [5.74, 6) is 0.861. The lowest BCUT2D eigenvalue weighted by molar-refractivity contribution is 0.199. The van der Waals surface area contributed by atoms with Crippen molar-refractivity contribution in [2.24, 2.45) is 0 Å². The van der Waals surface area contributed by atoms with Crippen molar-refractivity contribution < 1.29 is 9.47 Å². The van der Waals surface area contributed by atoms with Crippen LogP contribution in [-0.4, -0.2) is 32.4 Å². The fourth-order valence-electron chi connectivity index (χ4n) is 3.11. The largest absolute Gasteiger partial charge is 0.494 e. The standard InChI is InChI=1S/C17H22N2O2/c1-20-10-9-18-11-14-12-5-3-7-15(12)19-17-13(14)6-4-8-16(17)21-2/h4,6,8,18H,3,5,7,9-11H2,1-2H3. The first kappa shape index (κ1) is 14.3. The van der Waals surface area contributed by atoms with Gasteiger partial charge < -0.3 is 14.8 Å². The summed E-state index contributed by atoms with van der Waals surface area (Å²) in [6.07, 6.45) is 3.41. The summed E-state index contributed by atoms with van der Waals surface area (Å²) in [6, 6.07) is 6.18. The van der Waals surface area contributed by atoms with Crippen molar-refractivity contribution in [3.05, 3.63) is 35.0 Å². The molecule has 0 radical (unpaired) electrons. The molecule has 0 spiro atoms. The molecule has 4 heteroatoms. The van der Waals surface area contributed by atoms with E-state index in [2.05, 4.69) is 11.4 Å². The maximum absolute atomic E-state index is 5.48. The number of fused-ring (bicyclic) bond motifs is 2. The smallest absolute Gasteiger partial charge is 0.145 e. The Balaban J connectivity index is 2.03. The van der Waals surface area contributed by atoms with E-state index in [4.69, 9.17) is 14.5 Å². The Hall–Kier alpha value is -1.65. The van der Waals surface area contributed by atoms with Crippen LogP contribution in [0.15, 0.2) is 18.2 Å². The first-order chi connectivity index (χ1) is 10.3. The van der Waals surface area contributed by atoms with Gasteiger partial charge in [-0.25, -0.2) is 4.98 Å². The molecule has 0 amide bonds. The second kappa shape index (κ2) is 6.41. The third-order valence-electron chi connectivity index (χ3n) is 4.13. The highest BCUT2D eigenvalue weighted by Gasteiger charge is 2.20. The summed E-state index contributed by atoms with van der Waals surface area (Å²) in [4.78, 5) is 4.85. The third kappa shape index (κ3) is 2.74. The van der Waals surface area contributed by atoms with Crippen molar-refractivity contribution in [3.8, 4) is 5.75 Å². The van der Waals surface area contributed by atoms with Crippen molar-refractivity contribution in [2.75, 3.05) is 27.4 Å². The zero-order valence-electron chi connectivity index (χ0n) is 12.7. The molecule has 0 bridgehead atoms. The van der Waals surface area contributed by atoms with Gasteiger partial charge in [-0.2, -0.15) is 0 Å². The molecule has 1 aliphatic carbocycles. The number of rotatable bonds is 6. The molecule has 112 valence electrons. The van der Waals surface area contributed by atoms with Crippen molar-refractivity contribution >= 4 is 10.9 Å². The predicted molar refractivity (Wildman–Crippen MR) is 83.9 cm³/mol. The molecule has 1 N–H and O–H groups in total. The number of nitrogens with zero attached hydrogens (tertiary/aromatic N) is 1. The summed E-state index contributed by atoms with van der Waals surface area (Å²) in [5.41, 5.74) is 5.04. The van der Waals surface area contributed by atoms with E-state index in [0.29, 0.717) is 0 Å². The van der Waals surface area contributed by atoms with Crippen molar-refractivity contribution in [1.82, 2.24) is 10.3 Å². The number of hydrogen-bond acceptors (Lipinski definition) is 4. The van der Waals surface area contributed by atoms with E-state index in [1.807, 2.05) is 12.1 Å². The molecule has 1 heterocycles. The SMILES string of the molecule is COCCNCc1c2c(nc3c(OC)cccc13)CCC2. The van der Waals surface area contributed by atoms with Crippen LogP contribution in [0, 0.1) is 0 Å². The molecule has 0 fully saturated rings. The van der Waals surface area contributed by atoms with Gasteiger partial charge >= 0.3 is 0 Å². The highest BCUT2D eigenvalue weighted by molar-refractivity contribution is 5.88. The van der Waals surface area contributed by atoms with E-state index in [-0.39, 0.29) is 0 Å². The second-order valence-electron chi connectivity index (χ2n) is 5.40. The molecule has 2 aromatic rings. The maximum atomic E-state index is 5.48. The van der Waals surface area contributed by atoms with Crippen LogP contribution in [0.3, 0.4) is 0 Å². The van der Waals surface area contributed by atoms with Crippen molar-refractivity contribution in [3.63, 3.8) is 0 Å². The molecule has 0 atom stereocenters. The topological polar surface area (TPSA) is 43.4 Å². The molecular weight excluding hydrogens is 264 g/mol. The fraction of sp³-hybridized carbons (Fsp3) is 0.471. The van der Waals surface area contributed by atoms with Crippen LogP contribution in [0.25, 0.3) is 10.9 Å². The summed E-state index contributed by atoms with van der Waals surface area (Å²) >= 11 is 0. The third-order valence-corrected chi connectivity index (χ3v) is 4.13. The zero-order chi connectivity index (χ0) is 14.7. The normalized spacial score (nSPS) is 13.6. The van der Waals surface area contributed by atoms with Crippen molar-refractivity contribution in [2.45, 2.75) is 25.8 Å². The quantitative estimate of drug-likeness (QED) is 0.829. The van der Waals surface area contributed by atoms with Crippen molar-refractivity contribution in [1.29, 1.82) is 0 Å². The van der Waals surface area contributed by atoms with Crippen LogP contribution in [-0.2, 0) is 24.1 Å². The first-order valence-electron chi connectivity index (χ1n) is 7.52. The molecule has 1 aliphatic rings. The molecule has 0 unspecified atom stereocenters. The molecule has 4 nitrogen and oxygen atoms in total. The summed E-state index contributed by atoms with van der Waals surface area (Å²) in [5, 5.41) is 4.68. The molecule has 1 aromatic carbocycles. The molecule has 1 aromatic heterocycles. The maximum Gasteiger partial charge on any atom is 0.145 e. The Morgan fingerprint density at radius 3 is 2.95 bits per heavy atom. The van der Waals surface area contributed by atoms with Gasteiger partial charge in [0.15, 0.2) is 0 Å². The minimum Gasteiger partial charge on any atom is -0.494 e. The summed E-state index contributed by atoms with van der Waals surface area (Å²) < 4.78 is 10.6. The highest BCUT2D eigenvalue weighted by atomic mass is 16.5. The molecule has 21 heavy (non-hydrogen) atoms. The molecule has 0 saturated heterocycles. The van der Waals surface area contributed by atoms with Crippen LogP contribution >= 0.6 is 0 Å². The van der Waals surface area contributed by atoms with Gasteiger partial charge in [0.2, 0.25) is 0 Å². The lowest BCUT2D eigenvalue weighted by atomic mass is 10.0. The number of pyridine rings is 1. The van der Waals surface area contributed by atoms with Crippen LogP contribution < -0.4 is 10.1 Å². The van der Waals surface area contributed by atoms with Crippen LogP contribution in [0.4, 0.5) is 0 Å². The lowest BCUT2D eigenvalue weighted by Crippen LogP contribution is -2.20. The number of methoxy groups -OCH3 is 2. The van der Waals surface area contributed by atoms with Gasteiger partial charge in [-0.05, 0) is 36.5 Å². The van der Waals surface area contributed by atoms with E-state index in [9.17, 15) is 0 Å².